The number of aryl methyl sites for hydroxylation is 1. The zero-order valence-corrected chi connectivity index (χ0v) is 15.0. The number of nitrogens with zero attached hydrogens (tertiary/aromatic N) is 3. The van der Waals surface area contributed by atoms with E-state index in [9.17, 15) is 4.79 Å². The molecule has 2 aliphatic rings. The Morgan fingerprint density at radius 3 is 2.83 bits per heavy atom. The van der Waals surface area contributed by atoms with Gasteiger partial charge in [0.05, 0.1) is 0 Å². The third-order valence-corrected chi connectivity index (χ3v) is 4.83. The first-order valence-electron chi connectivity index (χ1n) is 8.50. The van der Waals surface area contributed by atoms with Crippen molar-refractivity contribution in [2.24, 2.45) is 5.92 Å². The van der Waals surface area contributed by atoms with Crippen LogP contribution in [-0.4, -0.2) is 39.3 Å². The van der Waals surface area contributed by atoms with Crippen LogP contribution in [0.15, 0.2) is 0 Å². The van der Waals surface area contributed by atoms with E-state index in [0.717, 1.165) is 50.4 Å². The van der Waals surface area contributed by atoms with Gasteiger partial charge in [-0.15, -0.1) is 22.6 Å². The van der Waals surface area contributed by atoms with Crippen molar-refractivity contribution in [1.82, 2.24) is 25.4 Å². The number of amides is 1. The summed E-state index contributed by atoms with van der Waals surface area (Å²) in [7, 11) is 0. The third kappa shape index (κ3) is 4.04. The molecule has 130 valence electrons. The Labute approximate surface area is 144 Å². The van der Waals surface area contributed by atoms with Gasteiger partial charge >= 0.3 is 0 Å². The van der Waals surface area contributed by atoms with Gasteiger partial charge in [-0.2, -0.15) is 0 Å². The summed E-state index contributed by atoms with van der Waals surface area (Å²) in [6.07, 6.45) is 3.74. The highest BCUT2D eigenvalue weighted by atomic mass is 35.5. The van der Waals surface area contributed by atoms with Crippen LogP contribution >= 0.6 is 12.4 Å². The van der Waals surface area contributed by atoms with Crippen LogP contribution in [0.3, 0.4) is 0 Å². The van der Waals surface area contributed by atoms with E-state index < -0.39 is 0 Å². The van der Waals surface area contributed by atoms with Crippen molar-refractivity contribution >= 4 is 18.3 Å². The van der Waals surface area contributed by atoms with Crippen molar-refractivity contribution in [1.29, 1.82) is 0 Å². The van der Waals surface area contributed by atoms with Gasteiger partial charge in [-0.05, 0) is 32.7 Å². The SMILES string of the molecule is CC(C)c1nnc2n1CC(NC(=O)[C@H]1CCN[C@@H](C)C1)CC2.Cl. The van der Waals surface area contributed by atoms with Gasteiger partial charge < -0.3 is 15.2 Å². The summed E-state index contributed by atoms with van der Waals surface area (Å²) < 4.78 is 2.20. The molecular weight excluding hydrogens is 314 g/mol. The lowest BCUT2D eigenvalue weighted by atomic mass is 9.92. The minimum atomic E-state index is 0. The monoisotopic (exact) mass is 341 g/mol. The number of nitrogens with one attached hydrogen (secondary N) is 2. The quantitative estimate of drug-likeness (QED) is 0.876. The zero-order valence-electron chi connectivity index (χ0n) is 14.2. The number of hydrogen-bond donors (Lipinski definition) is 2. The number of aromatic nitrogens is 3. The highest BCUT2D eigenvalue weighted by Crippen LogP contribution is 2.21. The van der Waals surface area contributed by atoms with Crippen molar-refractivity contribution < 1.29 is 4.79 Å². The Kier molecular flexibility index (Phi) is 6.03. The second-order valence-electron chi connectivity index (χ2n) is 7.06. The molecule has 1 aromatic heterocycles. The maximum absolute atomic E-state index is 12.5. The maximum Gasteiger partial charge on any atom is 0.223 e. The summed E-state index contributed by atoms with van der Waals surface area (Å²) in [5.74, 6) is 2.83. The first kappa shape index (κ1) is 18.2. The van der Waals surface area contributed by atoms with Gasteiger partial charge in [-0.1, -0.05) is 13.8 Å². The molecule has 23 heavy (non-hydrogen) atoms. The normalized spacial score (nSPS) is 27.2. The fourth-order valence-corrected chi connectivity index (χ4v) is 3.58. The molecule has 2 aliphatic heterocycles. The fourth-order valence-electron chi connectivity index (χ4n) is 3.58. The summed E-state index contributed by atoms with van der Waals surface area (Å²) >= 11 is 0. The Bertz CT molecular complexity index is 545. The highest BCUT2D eigenvalue weighted by molar-refractivity contribution is 5.85. The molecule has 6 nitrogen and oxygen atoms in total. The summed E-state index contributed by atoms with van der Waals surface area (Å²) in [4.78, 5) is 12.5. The summed E-state index contributed by atoms with van der Waals surface area (Å²) in [6, 6.07) is 0.645. The van der Waals surface area contributed by atoms with Crippen molar-refractivity contribution in [2.45, 2.75) is 71.0 Å². The average molecular weight is 342 g/mol. The molecule has 2 N–H and O–H groups in total. The van der Waals surface area contributed by atoms with Crippen LogP contribution < -0.4 is 10.6 Å². The predicted octanol–water partition coefficient (Wildman–Crippen LogP) is 1.64. The number of hydrogen-bond acceptors (Lipinski definition) is 4. The summed E-state index contributed by atoms with van der Waals surface area (Å²) in [5, 5.41) is 15.2. The van der Waals surface area contributed by atoms with Gasteiger partial charge in [0, 0.05) is 36.9 Å². The van der Waals surface area contributed by atoms with E-state index in [1.807, 2.05) is 0 Å². The molecule has 3 rings (SSSR count). The van der Waals surface area contributed by atoms with E-state index in [-0.39, 0.29) is 30.3 Å². The molecule has 0 aliphatic carbocycles. The summed E-state index contributed by atoms with van der Waals surface area (Å²) in [5.41, 5.74) is 0. The van der Waals surface area contributed by atoms with Gasteiger partial charge in [0.25, 0.3) is 0 Å². The number of fused-ring (bicyclic) bond motifs is 1. The maximum atomic E-state index is 12.5. The minimum absolute atomic E-state index is 0. The van der Waals surface area contributed by atoms with Crippen molar-refractivity contribution in [3.8, 4) is 0 Å². The number of piperidine rings is 1. The van der Waals surface area contributed by atoms with Gasteiger partial charge in [0.15, 0.2) is 0 Å². The van der Waals surface area contributed by atoms with Crippen molar-refractivity contribution in [3.63, 3.8) is 0 Å². The average Bonchev–Trinajstić information content (AvgIpc) is 2.90. The van der Waals surface area contributed by atoms with Crippen molar-refractivity contribution in [2.75, 3.05) is 6.54 Å². The van der Waals surface area contributed by atoms with Crippen LogP contribution in [0.1, 0.15) is 57.6 Å². The Morgan fingerprint density at radius 1 is 1.35 bits per heavy atom. The Balaban J connectivity index is 0.00000192. The first-order chi connectivity index (χ1) is 10.5. The molecule has 3 heterocycles. The van der Waals surface area contributed by atoms with E-state index >= 15 is 0 Å². The minimum Gasteiger partial charge on any atom is -0.351 e. The molecule has 0 bridgehead atoms. The van der Waals surface area contributed by atoms with Gasteiger partial charge in [-0.3, -0.25) is 4.79 Å². The molecule has 7 heteroatoms. The van der Waals surface area contributed by atoms with Gasteiger partial charge in [-0.25, -0.2) is 0 Å². The number of rotatable bonds is 3. The molecular formula is C16H28ClN5O. The first-order valence-corrected chi connectivity index (χ1v) is 8.50. The van der Waals surface area contributed by atoms with E-state index in [4.69, 9.17) is 0 Å². The lowest BCUT2D eigenvalue weighted by molar-refractivity contribution is -0.127. The molecule has 0 spiro atoms. The fraction of sp³-hybridized carbons (Fsp3) is 0.812. The van der Waals surface area contributed by atoms with E-state index in [1.165, 1.54) is 0 Å². The number of carbonyl (C=O) groups excluding carboxylic acids is 1. The summed E-state index contributed by atoms with van der Waals surface area (Å²) in [6.45, 7) is 8.17. The van der Waals surface area contributed by atoms with E-state index in [1.54, 1.807) is 0 Å². The number of carbonyl (C=O) groups is 1. The van der Waals surface area contributed by atoms with Crippen LogP contribution in [0.25, 0.3) is 0 Å². The molecule has 3 atom stereocenters. The topological polar surface area (TPSA) is 71.8 Å². The smallest absolute Gasteiger partial charge is 0.223 e. The standard InChI is InChI=1S/C16H27N5O.ClH/c1-10(2)15-20-19-14-5-4-13(9-21(14)15)18-16(22)12-6-7-17-11(3)8-12;/h10-13,17H,4-9H2,1-3H3,(H,18,22);1H/t11-,12-,13?;/m0./s1. The van der Waals surface area contributed by atoms with Crippen LogP contribution in [0.2, 0.25) is 0 Å². The van der Waals surface area contributed by atoms with Crippen LogP contribution in [0.4, 0.5) is 0 Å². The van der Waals surface area contributed by atoms with E-state index in [0.29, 0.717) is 12.0 Å². The van der Waals surface area contributed by atoms with Gasteiger partial charge in [0.2, 0.25) is 5.91 Å². The number of halogens is 1. The second kappa shape index (κ2) is 7.62. The third-order valence-electron chi connectivity index (χ3n) is 4.83. The van der Waals surface area contributed by atoms with Crippen LogP contribution in [0.5, 0.6) is 0 Å². The molecule has 0 radical (unpaired) electrons. The predicted molar refractivity (Wildman–Crippen MR) is 91.8 cm³/mol. The zero-order chi connectivity index (χ0) is 15.7. The molecule has 1 fully saturated rings. The largest absolute Gasteiger partial charge is 0.351 e. The molecule has 1 aromatic rings. The Hall–Kier alpha value is -1.14. The van der Waals surface area contributed by atoms with Crippen LogP contribution in [-0.2, 0) is 17.8 Å². The molecule has 1 unspecified atom stereocenters. The highest BCUT2D eigenvalue weighted by Gasteiger charge is 2.29. The Morgan fingerprint density at radius 2 is 2.13 bits per heavy atom. The lowest BCUT2D eigenvalue weighted by Gasteiger charge is -2.31. The molecule has 0 saturated carbocycles. The molecule has 1 saturated heterocycles. The lowest BCUT2D eigenvalue weighted by Crippen LogP contribution is -2.47. The van der Waals surface area contributed by atoms with Crippen LogP contribution in [0, 0.1) is 5.92 Å². The molecule has 1 amide bonds. The van der Waals surface area contributed by atoms with E-state index in [2.05, 4.69) is 46.2 Å². The van der Waals surface area contributed by atoms with Gasteiger partial charge in [0.1, 0.15) is 11.6 Å². The second-order valence-corrected chi connectivity index (χ2v) is 7.06. The van der Waals surface area contributed by atoms with Crippen molar-refractivity contribution in [3.05, 3.63) is 11.6 Å². The molecule has 0 aromatic carbocycles.